The largest absolute Gasteiger partial charge is 0.352 e. The second-order valence-corrected chi connectivity index (χ2v) is 8.76. The molecule has 2 aromatic rings. The van der Waals surface area contributed by atoms with Crippen LogP contribution >= 0.6 is 11.3 Å². The second kappa shape index (κ2) is 8.30. The van der Waals surface area contributed by atoms with Gasteiger partial charge >= 0.3 is 0 Å². The van der Waals surface area contributed by atoms with Gasteiger partial charge in [0.2, 0.25) is 0 Å². The van der Waals surface area contributed by atoms with Gasteiger partial charge in [0.25, 0.3) is 15.9 Å². The standard InChI is InChI=1S/C17H22N2O3S2/c1-13(2)5-3-11-18-17(20)14-7-9-15(10-8-14)19-24(21,22)16-6-4-12-23-16/h4,6-10,12-13,19H,3,5,11H2,1-2H3,(H,18,20). The minimum atomic E-state index is -3.56. The first-order valence-electron chi connectivity index (χ1n) is 7.83. The first kappa shape index (κ1) is 18.5. The molecule has 1 heterocycles. The van der Waals surface area contributed by atoms with Crippen molar-refractivity contribution in [3.8, 4) is 0 Å². The van der Waals surface area contributed by atoms with Crippen LogP contribution in [0, 0.1) is 5.92 Å². The van der Waals surface area contributed by atoms with Crippen LogP contribution in [-0.2, 0) is 10.0 Å². The molecule has 0 spiro atoms. The van der Waals surface area contributed by atoms with E-state index in [1.54, 1.807) is 41.8 Å². The van der Waals surface area contributed by atoms with Crippen molar-refractivity contribution in [2.45, 2.75) is 30.9 Å². The Hall–Kier alpha value is -1.86. The number of thiophene rings is 1. The Morgan fingerprint density at radius 2 is 1.88 bits per heavy atom. The minimum absolute atomic E-state index is 0.147. The zero-order valence-electron chi connectivity index (χ0n) is 13.8. The average Bonchev–Trinajstić information content (AvgIpc) is 3.07. The van der Waals surface area contributed by atoms with E-state index in [0.29, 0.717) is 23.7 Å². The van der Waals surface area contributed by atoms with E-state index in [2.05, 4.69) is 23.9 Å². The Bertz CT molecular complexity index is 752. The highest BCUT2D eigenvalue weighted by Crippen LogP contribution is 2.20. The smallest absolute Gasteiger partial charge is 0.271 e. The van der Waals surface area contributed by atoms with Gasteiger partial charge in [-0.25, -0.2) is 8.42 Å². The van der Waals surface area contributed by atoms with Crippen LogP contribution in [0.5, 0.6) is 0 Å². The summed E-state index contributed by atoms with van der Waals surface area (Å²) >= 11 is 1.16. The molecule has 0 fully saturated rings. The van der Waals surface area contributed by atoms with Crippen LogP contribution in [0.15, 0.2) is 46.0 Å². The van der Waals surface area contributed by atoms with Crippen molar-refractivity contribution in [1.29, 1.82) is 0 Å². The molecular formula is C17H22N2O3S2. The molecule has 2 N–H and O–H groups in total. The van der Waals surface area contributed by atoms with Gasteiger partial charge in [-0.05, 0) is 54.5 Å². The van der Waals surface area contributed by atoms with Crippen LogP contribution in [0.1, 0.15) is 37.0 Å². The summed E-state index contributed by atoms with van der Waals surface area (Å²) in [5, 5.41) is 4.58. The third-order valence-corrected chi connectivity index (χ3v) is 6.18. The molecule has 0 bridgehead atoms. The molecule has 5 nitrogen and oxygen atoms in total. The van der Waals surface area contributed by atoms with E-state index in [1.807, 2.05) is 0 Å². The van der Waals surface area contributed by atoms with Crippen molar-refractivity contribution >= 4 is 33.0 Å². The van der Waals surface area contributed by atoms with Gasteiger partial charge in [0, 0.05) is 17.8 Å². The number of benzene rings is 1. The van der Waals surface area contributed by atoms with E-state index >= 15 is 0 Å². The third kappa shape index (κ3) is 5.35. The first-order chi connectivity index (χ1) is 11.4. The molecule has 130 valence electrons. The van der Waals surface area contributed by atoms with Gasteiger partial charge in [-0.2, -0.15) is 0 Å². The Labute approximate surface area is 147 Å². The lowest BCUT2D eigenvalue weighted by atomic mass is 10.1. The summed E-state index contributed by atoms with van der Waals surface area (Å²) in [7, 11) is -3.56. The molecule has 0 aliphatic carbocycles. The fourth-order valence-corrected chi connectivity index (χ4v) is 4.18. The number of amides is 1. The molecule has 0 unspecified atom stereocenters. The van der Waals surface area contributed by atoms with Crippen LogP contribution in [0.25, 0.3) is 0 Å². The van der Waals surface area contributed by atoms with Gasteiger partial charge in [0.1, 0.15) is 4.21 Å². The number of carbonyl (C=O) groups is 1. The van der Waals surface area contributed by atoms with Crippen LogP contribution in [-0.4, -0.2) is 20.9 Å². The summed E-state index contributed by atoms with van der Waals surface area (Å²) in [5.41, 5.74) is 0.943. The Morgan fingerprint density at radius 1 is 1.17 bits per heavy atom. The number of carbonyl (C=O) groups excluding carboxylic acids is 1. The quantitative estimate of drug-likeness (QED) is 0.699. The van der Waals surface area contributed by atoms with E-state index in [9.17, 15) is 13.2 Å². The molecule has 1 aromatic carbocycles. The summed E-state index contributed by atoms with van der Waals surface area (Å²) < 4.78 is 27.0. The molecule has 24 heavy (non-hydrogen) atoms. The summed E-state index contributed by atoms with van der Waals surface area (Å²) in [4.78, 5) is 12.0. The van der Waals surface area contributed by atoms with Gasteiger partial charge in [-0.1, -0.05) is 19.9 Å². The number of hydrogen-bond donors (Lipinski definition) is 2. The van der Waals surface area contributed by atoms with Gasteiger partial charge in [0.15, 0.2) is 0 Å². The van der Waals surface area contributed by atoms with E-state index in [-0.39, 0.29) is 10.1 Å². The number of hydrogen-bond acceptors (Lipinski definition) is 4. The summed E-state index contributed by atoms with van der Waals surface area (Å²) in [6.07, 6.45) is 2.02. The van der Waals surface area contributed by atoms with Crippen molar-refractivity contribution in [2.24, 2.45) is 5.92 Å². The first-order valence-corrected chi connectivity index (χ1v) is 10.2. The monoisotopic (exact) mass is 366 g/mol. The molecule has 0 aliphatic heterocycles. The average molecular weight is 367 g/mol. The van der Waals surface area contributed by atoms with Crippen LogP contribution in [0.3, 0.4) is 0 Å². The fourth-order valence-electron chi connectivity index (χ4n) is 2.13. The zero-order chi connectivity index (χ0) is 17.6. The molecule has 0 atom stereocenters. The van der Waals surface area contributed by atoms with Crippen LogP contribution < -0.4 is 10.0 Å². The van der Waals surface area contributed by atoms with E-state index in [1.165, 1.54) is 0 Å². The van der Waals surface area contributed by atoms with Crippen LogP contribution in [0.2, 0.25) is 0 Å². The van der Waals surface area contributed by atoms with Crippen molar-refractivity contribution in [3.63, 3.8) is 0 Å². The Kier molecular flexibility index (Phi) is 6.39. The minimum Gasteiger partial charge on any atom is -0.352 e. The molecule has 0 aliphatic rings. The number of rotatable bonds is 8. The maximum absolute atomic E-state index is 12.1. The molecule has 2 rings (SSSR count). The second-order valence-electron chi connectivity index (χ2n) is 5.91. The van der Waals surface area contributed by atoms with Gasteiger partial charge in [-0.3, -0.25) is 9.52 Å². The predicted octanol–water partition coefficient (Wildman–Crippen LogP) is 3.71. The van der Waals surface area contributed by atoms with Crippen molar-refractivity contribution in [1.82, 2.24) is 5.32 Å². The molecule has 0 radical (unpaired) electrons. The highest BCUT2D eigenvalue weighted by molar-refractivity contribution is 7.94. The predicted molar refractivity (Wildman–Crippen MR) is 98.0 cm³/mol. The van der Waals surface area contributed by atoms with Gasteiger partial charge in [0.05, 0.1) is 0 Å². The van der Waals surface area contributed by atoms with E-state index < -0.39 is 10.0 Å². The molecule has 1 amide bonds. The Morgan fingerprint density at radius 3 is 2.46 bits per heavy atom. The highest BCUT2D eigenvalue weighted by atomic mass is 32.2. The van der Waals surface area contributed by atoms with Crippen molar-refractivity contribution in [3.05, 3.63) is 47.3 Å². The molecule has 1 aromatic heterocycles. The highest BCUT2D eigenvalue weighted by Gasteiger charge is 2.15. The SMILES string of the molecule is CC(C)CCCNC(=O)c1ccc(NS(=O)(=O)c2cccs2)cc1. The normalized spacial score (nSPS) is 11.5. The third-order valence-electron chi connectivity index (χ3n) is 3.40. The van der Waals surface area contributed by atoms with Crippen molar-refractivity contribution in [2.75, 3.05) is 11.3 Å². The maximum atomic E-state index is 12.1. The molecule has 7 heteroatoms. The lowest BCUT2D eigenvalue weighted by Gasteiger charge is -2.09. The Balaban J connectivity index is 1.92. The zero-order valence-corrected chi connectivity index (χ0v) is 15.4. The lowest BCUT2D eigenvalue weighted by molar-refractivity contribution is 0.0952. The number of nitrogens with one attached hydrogen (secondary N) is 2. The fraction of sp³-hybridized carbons (Fsp3) is 0.353. The summed E-state index contributed by atoms with van der Waals surface area (Å²) in [5.74, 6) is 0.476. The van der Waals surface area contributed by atoms with E-state index in [4.69, 9.17) is 0 Å². The number of sulfonamides is 1. The number of anilines is 1. The van der Waals surface area contributed by atoms with Crippen LogP contribution in [0.4, 0.5) is 5.69 Å². The van der Waals surface area contributed by atoms with Crippen molar-refractivity contribution < 1.29 is 13.2 Å². The van der Waals surface area contributed by atoms with E-state index in [0.717, 1.165) is 24.2 Å². The maximum Gasteiger partial charge on any atom is 0.271 e. The lowest BCUT2D eigenvalue weighted by Crippen LogP contribution is -2.24. The molecule has 0 saturated heterocycles. The molecular weight excluding hydrogens is 344 g/mol. The molecule has 0 saturated carbocycles. The topological polar surface area (TPSA) is 75.3 Å². The van der Waals surface area contributed by atoms with Gasteiger partial charge in [-0.15, -0.1) is 11.3 Å². The summed E-state index contributed by atoms with van der Waals surface area (Å²) in [6.45, 7) is 4.94. The van der Waals surface area contributed by atoms with Gasteiger partial charge < -0.3 is 5.32 Å². The summed E-state index contributed by atoms with van der Waals surface area (Å²) in [6, 6.07) is 9.65.